The first-order chi connectivity index (χ1) is 9.70. The number of pyridine rings is 1. The lowest BCUT2D eigenvalue weighted by Gasteiger charge is -2.22. The lowest BCUT2D eigenvalue weighted by Crippen LogP contribution is -2.35. The Morgan fingerprint density at radius 3 is 3.15 bits per heavy atom. The molecule has 2 amide bonds. The second-order valence-corrected chi connectivity index (χ2v) is 5.90. The van der Waals surface area contributed by atoms with Gasteiger partial charge >= 0.3 is 0 Å². The minimum Gasteiger partial charge on any atom is -0.356 e. The minimum absolute atomic E-state index is 0.0758. The van der Waals surface area contributed by atoms with E-state index in [0.29, 0.717) is 6.54 Å². The van der Waals surface area contributed by atoms with Gasteiger partial charge in [-0.3, -0.25) is 9.59 Å². The summed E-state index contributed by atoms with van der Waals surface area (Å²) in [6.45, 7) is 2.80. The second kappa shape index (κ2) is 7.28. The molecule has 20 heavy (non-hydrogen) atoms. The average molecular weight is 293 g/mol. The molecule has 0 fully saturated rings. The van der Waals surface area contributed by atoms with E-state index in [-0.39, 0.29) is 18.2 Å². The van der Waals surface area contributed by atoms with E-state index >= 15 is 0 Å². The molecule has 6 heteroatoms. The Morgan fingerprint density at radius 2 is 2.35 bits per heavy atom. The molecule has 0 bridgehead atoms. The second-order valence-electron chi connectivity index (χ2n) is 4.71. The van der Waals surface area contributed by atoms with Gasteiger partial charge < -0.3 is 10.6 Å². The first-order valence-corrected chi connectivity index (χ1v) is 7.78. The number of nitrogens with one attached hydrogen (secondary N) is 2. The van der Waals surface area contributed by atoms with Crippen molar-refractivity contribution < 1.29 is 9.59 Å². The Bertz CT molecular complexity index is 493. The van der Waals surface area contributed by atoms with Crippen LogP contribution in [0.25, 0.3) is 0 Å². The molecule has 2 rings (SSSR count). The quantitative estimate of drug-likeness (QED) is 0.789. The van der Waals surface area contributed by atoms with Gasteiger partial charge in [0.05, 0.1) is 10.9 Å². The largest absolute Gasteiger partial charge is 0.356 e. The van der Waals surface area contributed by atoms with Crippen molar-refractivity contribution in [1.29, 1.82) is 0 Å². The summed E-state index contributed by atoms with van der Waals surface area (Å²) in [7, 11) is 0. The van der Waals surface area contributed by atoms with Gasteiger partial charge in [-0.25, -0.2) is 4.98 Å². The molecule has 1 aromatic heterocycles. The van der Waals surface area contributed by atoms with E-state index in [1.165, 1.54) is 11.8 Å². The van der Waals surface area contributed by atoms with Gasteiger partial charge in [-0.1, -0.05) is 31.5 Å². The van der Waals surface area contributed by atoms with Gasteiger partial charge in [-0.15, -0.1) is 0 Å². The van der Waals surface area contributed by atoms with Gasteiger partial charge in [0, 0.05) is 19.2 Å². The summed E-state index contributed by atoms with van der Waals surface area (Å²) in [5.74, 6) is -0.202. The van der Waals surface area contributed by atoms with Crippen molar-refractivity contribution >= 4 is 29.3 Å². The highest BCUT2D eigenvalue weighted by molar-refractivity contribution is 8.00. The molecule has 0 spiro atoms. The fourth-order valence-corrected chi connectivity index (χ4v) is 3.00. The van der Waals surface area contributed by atoms with E-state index in [4.69, 9.17) is 0 Å². The van der Waals surface area contributed by atoms with Crippen LogP contribution in [0.1, 0.15) is 32.6 Å². The topological polar surface area (TPSA) is 71.1 Å². The van der Waals surface area contributed by atoms with Crippen molar-refractivity contribution in [1.82, 2.24) is 10.3 Å². The minimum atomic E-state index is -0.399. The summed E-state index contributed by atoms with van der Waals surface area (Å²) in [5, 5.41) is 6.02. The molecule has 0 saturated heterocycles. The van der Waals surface area contributed by atoms with Crippen LogP contribution in [-0.2, 0) is 9.59 Å². The van der Waals surface area contributed by atoms with Crippen LogP contribution >= 0.6 is 11.8 Å². The lowest BCUT2D eigenvalue weighted by atomic mass is 10.2. The van der Waals surface area contributed by atoms with Gasteiger partial charge in [0.1, 0.15) is 5.03 Å². The zero-order valence-electron chi connectivity index (χ0n) is 11.5. The lowest BCUT2D eigenvalue weighted by molar-refractivity contribution is -0.124. The molecule has 0 aliphatic carbocycles. The number of hydrogen-bond donors (Lipinski definition) is 2. The van der Waals surface area contributed by atoms with Crippen molar-refractivity contribution in [3.05, 3.63) is 18.3 Å². The summed E-state index contributed by atoms with van der Waals surface area (Å²) in [5.41, 5.74) is 0.724. The number of fused-ring (bicyclic) bond motifs is 1. The molecule has 1 aliphatic rings. The molecule has 5 nitrogen and oxygen atoms in total. The number of carbonyl (C=O) groups excluding carboxylic acids is 2. The number of thioether (sulfide) groups is 1. The number of rotatable bonds is 6. The molecule has 1 aromatic rings. The fourth-order valence-electron chi connectivity index (χ4n) is 1.96. The number of nitrogens with zero attached hydrogens (tertiary/aromatic N) is 1. The predicted octanol–water partition coefficient (Wildman–Crippen LogP) is 2.19. The summed E-state index contributed by atoms with van der Waals surface area (Å²) in [4.78, 5) is 28.0. The number of carbonyl (C=O) groups is 2. The standard InChI is InChI=1S/C14H19N3O2S/c1-2-3-4-7-15-12(18)9-11-13(19)17-10-6-5-8-16-14(10)20-11/h5-6,8,11H,2-4,7,9H2,1H3,(H,15,18)(H,17,19). The summed E-state index contributed by atoms with van der Waals surface area (Å²) in [6.07, 6.45) is 5.09. The molecule has 2 heterocycles. The zero-order valence-corrected chi connectivity index (χ0v) is 12.3. The van der Waals surface area contributed by atoms with E-state index < -0.39 is 5.25 Å². The molecule has 1 atom stereocenters. The van der Waals surface area contributed by atoms with Gasteiger partial charge in [0.2, 0.25) is 11.8 Å². The van der Waals surface area contributed by atoms with Gasteiger partial charge in [0.25, 0.3) is 0 Å². The third kappa shape index (κ3) is 3.96. The number of anilines is 1. The Labute approximate surface area is 122 Å². The first-order valence-electron chi connectivity index (χ1n) is 6.90. The van der Waals surface area contributed by atoms with Crippen LogP contribution in [0.4, 0.5) is 5.69 Å². The van der Waals surface area contributed by atoms with E-state index in [9.17, 15) is 9.59 Å². The Balaban J connectivity index is 1.84. The number of unbranched alkanes of at least 4 members (excludes halogenated alkanes) is 2. The van der Waals surface area contributed by atoms with E-state index in [1.807, 2.05) is 6.07 Å². The number of amides is 2. The maximum Gasteiger partial charge on any atom is 0.238 e. The molecule has 108 valence electrons. The van der Waals surface area contributed by atoms with Crippen molar-refractivity contribution in [2.45, 2.75) is 42.9 Å². The Kier molecular flexibility index (Phi) is 5.40. The average Bonchev–Trinajstić information content (AvgIpc) is 2.44. The van der Waals surface area contributed by atoms with Crippen molar-refractivity contribution in [3.63, 3.8) is 0 Å². The van der Waals surface area contributed by atoms with Crippen LogP contribution in [0.15, 0.2) is 23.4 Å². The molecule has 0 saturated carbocycles. The molecular weight excluding hydrogens is 274 g/mol. The predicted molar refractivity (Wildman–Crippen MR) is 79.7 cm³/mol. The molecule has 2 N–H and O–H groups in total. The maximum absolute atomic E-state index is 11.9. The molecule has 0 aromatic carbocycles. The molecule has 0 radical (unpaired) electrons. The highest BCUT2D eigenvalue weighted by atomic mass is 32.2. The third-order valence-electron chi connectivity index (χ3n) is 3.05. The summed E-state index contributed by atoms with van der Waals surface area (Å²) < 4.78 is 0. The van der Waals surface area contributed by atoms with Crippen molar-refractivity contribution in [2.75, 3.05) is 11.9 Å². The fraction of sp³-hybridized carbons (Fsp3) is 0.500. The zero-order chi connectivity index (χ0) is 14.4. The van der Waals surface area contributed by atoms with E-state index in [0.717, 1.165) is 30.0 Å². The Morgan fingerprint density at radius 1 is 1.50 bits per heavy atom. The Hall–Kier alpha value is -1.56. The summed E-state index contributed by atoms with van der Waals surface area (Å²) >= 11 is 1.35. The van der Waals surface area contributed by atoms with Gasteiger partial charge in [0.15, 0.2) is 0 Å². The number of aromatic nitrogens is 1. The van der Waals surface area contributed by atoms with Crippen LogP contribution in [-0.4, -0.2) is 28.6 Å². The summed E-state index contributed by atoms with van der Waals surface area (Å²) in [6, 6.07) is 3.59. The highest BCUT2D eigenvalue weighted by Gasteiger charge is 2.29. The van der Waals surface area contributed by atoms with Crippen LogP contribution in [0, 0.1) is 0 Å². The maximum atomic E-state index is 11.9. The van der Waals surface area contributed by atoms with Crippen molar-refractivity contribution in [3.8, 4) is 0 Å². The van der Waals surface area contributed by atoms with Crippen LogP contribution < -0.4 is 10.6 Å². The smallest absolute Gasteiger partial charge is 0.238 e. The molecule has 1 aliphatic heterocycles. The molecular formula is C14H19N3O2S. The van der Waals surface area contributed by atoms with Gasteiger partial charge in [-0.05, 0) is 18.6 Å². The third-order valence-corrected chi connectivity index (χ3v) is 4.26. The molecule has 1 unspecified atom stereocenters. The van der Waals surface area contributed by atoms with Crippen molar-refractivity contribution in [2.24, 2.45) is 0 Å². The van der Waals surface area contributed by atoms with E-state index in [1.54, 1.807) is 12.3 Å². The number of hydrogen-bond acceptors (Lipinski definition) is 4. The normalized spacial score (nSPS) is 17.2. The van der Waals surface area contributed by atoms with Crippen LogP contribution in [0.3, 0.4) is 0 Å². The highest BCUT2D eigenvalue weighted by Crippen LogP contribution is 2.34. The van der Waals surface area contributed by atoms with Crippen LogP contribution in [0.5, 0.6) is 0 Å². The monoisotopic (exact) mass is 293 g/mol. The van der Waals surface area contributed by atoms with E-state index in [2.05, 4.69) is 22.5 Å². The SMILES string of the molecule is CCCCCNC(=O)CC1Sc2ncccc2NC1=O. The first kappa shape index (κ1) is 14.8. The van der Waals surface area contributed by atoms with Crippen LogP contribution in [0.2, 0.25) is 0 Å². The van der Waals surface area contributed by atoms with Gasteiger partial charge in [-0.2, -0.15) is 0 Å².